The highest BCUT2D eigenvalue weighted by atomic mass is 16.6. The largest absolute Gasteiger partial charge is 0.507 e. The molecule has 2 aromatic carbocycles. The molecule has 4 rings (SSSR count). The molecule has 3 aromatic rings. The monoisotopic (exact) mass is 418 g/mol. The lowest BCUT2D eigenvalue weighted by atomic mass is 9.98. The molecule has 0 bridgehead atoms. The van der Waals surface area contributed by atoms with Crippen LogP contribution in [0.3, 0.4) is 0 Å². The van der Waals surface area contributed by atoms with Crippen LogP contribution in [0.2, 0.25) is 0 Å². The first-order valence-corrected chi connectivity index (χ1v) is 9.46. The number of anilines is 1. The Morgan fingerprint density at radius 1 is 1.10 bits per heavy atom. The number of amides is 1. The number of furan rings is 1. The van der Waals surface area contributed by atoms with E-state index in [2.05, 4.69) is 0 Å². The number of carbonyl (C=O) groups excluding carboxylic acids is 2. The molecule has 0 saturated carbocycles. The van der Waals surface area contributed by atoms with Crippen LogP contribution >= 0.6 is 0 Å². The van der Waals surface area contributed by atoms with Gasteiger partial charge in [0, 0.05) is 23.4 Å². The molecular formula is C23H18N2O6. The second-order valence-electron chi connectivity index (χ2n) is 7.28. The Morgan fingerprint density at radius 3 is 2.39 bits per heavy atom. The van der Waals surface area contributed by atoms with Crippen molar-refractivity contribution in [3.8, 4) is 0 Å². The number of Topliss-reactive ketones (excluding diaryl/α,β-unsaturated/α-hetero) is 1. The molecule has 0 spiro atoms. The summed E-state index contributed by atoms with van der Waals surface area (Å²) < 4.78 is 5.52. The molecule has 1 amide bonds. The highest BCUT2D eigenvalue weighted by Crippen LogP contribution is 2.43. The average molecular weight is 418 g/mol. The van der Waals surface area contributed by atoms with Gasteiger partial charge in [0.05, 0.1) is 16.8 Å². The van der Waals surface area contributed by atoms with Gasteiger partial charge in [0.25, 0.3) is 17.4 Å². The van der Waals surface area contributed by atoms with Gasteiger partial charge in [-0.25, -0.2) is 0 Å². The number of benzene rings is 2. The van der Waals surface area contributed by atoms with Crippen molar-refractivity contribution in [3.05, 3.63) is 99.0 Å². The second-order valence-corrected chi connectivity index (χ2v) is 7.28. The highest BCUT2D eigenvalue weighted by molar-refractivity contribution is 6.51. The third kappa shape index (κ3) is 3.38. The van der Waals surface area contributed by atoms with Gasteiger partial charge < -0.3 is 9.52 Å². The zero-order valence-electron chi connectivity index (χ0n) is 16.7. The quantitative estimate of drug-likeness (QED) is 0.220. The van der Waals surface area contributed by atoms with Crippen LogP contribution < -0.4 is 4.90 Å². The van der Waals surface area contributed by atoms with E-state index in [0.29, 0.717) is 11.4 Å². The fraction of sp³-hybridized carbons (Fsp3) is 0.130. The molecular weight excluding hydrogens is 400 g/mol. The Hall–Kier alpha value is -4.20. The summed E-state index contributed by atoms with van der Waals surface area (Å²) >= 11 is 0. The van der Waals surface area contributed by atoms with E-state index in [1.807, 2.05) is 26.0 Å². The average Bonchev–Trinajstić information content (AvgIpc) is 3.35. The molecule has 156 valence electrons. The first kappa shape index (κ1) is 20.1. The SMILES string of the molecule is Cc1ccc(N2C(=O)C(=O)/C(=C(\O)c3ccc([N+](=O)[O-])cc3)C2c2ccco2)c(C)c1. The van der Waals surface area contributed by atoms with Gasteiger partial charge >= 0.3 is 0 Å². The molecule has 1 unspecified atom stereocenters. The van der Waals surface area contributed by atoms with E-state index < -0.39 is 28.4 Å². The minimum atomic E-state index is -0.980. The number of aliphatic hydroxyl groups excluding tert-OH is 1. The number of aliphatic hydroxyl groups is 1. The van der Waals surface area contributed by atoms with Gasteiger partial charge in [-0.3, -0.25) is 24.6 Å². The fourth-order valence-corrected chi connectivity index (χ4v) is 3.77. The molecule has 8 heteroatoms. The van der Waals surface area contributed by atoms with E-state index in [-0.39, 0.29) is 16.8 Å². The smallest absolute Gasteiger partial charge is 0.300 e. The molecule has 1 aliphatic heterocycles. The van der Waals surface area contributed by atoms with Crippen molar-refractivity contribution in [2.24, 2.45) is 0 Å². The van der Waals surface area contributed by atoms with Gasteiger partial charge in [-0.1, -0.05) is 17.7 Å². The molecule has 1 fully saturated rings. The van der Waals surface area contributed by atoms with Crippen molar-refractivity contribution in [2.75, 3.05) is 4.90 Å². The zero-order valence-corrected chi connectivity index (χ0v) is 16.7. The van der Waals surface area contributed by atoms with Crippen molar-refractivity contribution < 1.29 is 24.0 Å². The minimum absolute atomic E-state index is 0.145. The summed E-state index contributed by atoms with van der Waals surface area (Å²) in [4.78, 5) is 37.7. The number of nitro groups is 1. The van der Waals surface area contributed by atoms with Crippen LogP contribution in [0.25, 0.3) is 5.76 Å². The molecule has 1 aliphatic rings. The maximum Gasteiger partial charge on any atom is 0.300 e. The Balaban J connectivity index is 1.90. The zero-order chi connectivity index (χ0) is 22.3. The van der Waals surface area contributed by atoms with Crippen molar-refractivity contribution >= 4 is 28.8 Å². The maximum absolute atomic E-state index is 13.0. The van der Waals surface area contributed by atoms with Crippen LogP contribution in [0.1, 0.15) is 28.5 Å². The molecule has 1 saturated heterocycles. The summed E-state index contributed by atoms with van der Waals surface area (Å²) in [5.41, 5.74) is 2.19. The number of ketones is 1. The van der Waals surface area contributed by atoms with Gasteiger partial charge in [-0.2, -0.15) is 0 Å². The first-order valence-electron chi connectivity index (χ1n) is 9.46. The van der Waals surface area contributed by atoms with Gasteiger partial charge in [0.2, 0.25) is 0 Å². The highest BCUT2D eigenvalue weighted by Gasteiger charge is 2.48. The number of non-ortho nitro benzene ring substituents is 1. The predicted molar refractivity (Wildman–Crippen MR) is 113 cm³/mol. The Bertz CT molecular complexity index is 1230. The summed E-state index contributed by atoms with van der Waals surface area (Å²) in [6.45, 7) is 3.75. The molecule has 31 heavy (non-hydrogen) atoms. The third-order valence-corrected chi connectivity index (χ3v) is 5.22. The van der Waals surface area contributed by atoms with Crippen LogP contribution in [0.4, 0.5) is 11.4 Å². The van der Waals surface area contributed by atoms with Crippen LogP contribution in [0, 0.1) is 24.0 Å². The molecule has 0 aliphatic carbocycles. The predicted octanol–water partition coefficient (Wildman–Crippen LogP) is 4.43. The normalized spacial score (nSPS) is 17.9. The van der Waals surface area contributed by atoms with E-state index in [4.69, 9.17) is 4.42 Å². The van der Waals surface area contributed by atoms with E-state index in [1.54, 1.807) is 18.2 Å². The Kier molecular flexibility index (Phi) is 4.90. The fourth-order valence-electron chi connectivity index (χ4n) is 3.77. The molecule has 2 heterocycles. The number of hydrogen-bond acceptors (Lipinski definition) is 6. The number of nitrogens with zero attached hydrogens (tertiary/aromatic N) is 2. The van der Waals surface area contributed by atoms with Gasteiger partial charge in [-0.05, 0) is 49.7 Å². The van der Waals surface area contributed by atoms with Crippen molar-refractivity contribution in [1.29, 1.82) is 0 Å². The molecule has 1 atom stereocenters. The maximum atomic E-state index is 13.0. The molecule has 0 radical (unpaired) electrons. The van der Waals surface area contributed by atoms with E-state index in [1.165, 1.54) is 35.4 Å². The van der Waals surface area contributed by atoms with Crippen LogP contribution in [0.15, 0.2) is 70.9 Å². The lowest BCUT2D eigenvalue weighted by molar-refractivity contribution is -0.384. The minimum Gasteiger partial charge on any atom is -0.507 e. The number of carbonyl (C=O) groups is 2. The van der Waals surface area contributed by atoms with Crippen LogP contribution in [-0.4, -0.2) is 21.7 Å². The Morgan fingerprint density at radius 2 is 1.81 bits per heavy atom. The van der Waals surface area contributed by atoms with Crippen molar-refractivity contribution in [1.82, 2.24) is 0 Å². The van der Waals surface area contributed by atoms with Crippen molar-refractivity contribution in [2.45, 2.75) is 19.9 Å². The third-order valence-electron chi connectivity index (χ3n) is 5.22. The van der Waals surface area contributed by atoms with Gasteiger partial charge in [-0.15, -0.1) is 0 Å². The van der Waals surface area contributed by atoms with E-state index >= 15 is 0 Å². The number of aryl methyl sites for hydroxylation is 2. The number of nitro benzene ring substituents is 1. The topological polar surface area (TPSA) is 114 Å². The van der Waals surface area contributed by atoms with Gasteiger partial charge in [0.15, 0.2) is 0 Å². The van der Waals surface area contributed by atoms with E-state index in [9.17, 15) is 24.8 Å². The standard InChI is InChI=1S/C23H18N2O6/c1-13-5-10-17(14(2)12-13)24-20(18-4-3-11-31-18)19(22(27)23(24)28)21(26)15-6-8-16(9-7-15)25(29)30/h3-12,20,26H,1-2H3/b21-19-. The number of hydrogen-bond donors (Lipinski definition) is 1. The van der Waals surface area contributed by atoms with Gasteiger partial charge in [0.1, 0.15) is 17.6 Å². The van der Waals surface area contributed by atoms with Crippen LogP contribution in [0.5, 0.6) is 0 Å². The molecule has 1 N–H and O–H groups in total. The summed E-state index contributed by atoms with van der Waals surface area (Å²) in [5, 5.41) is 21.9. The summed E-state index contributed by atoms with van der Waals surface area (Å²) in [7, 11) is 0. The van der Waals surface area contributed by atoms with Crippen molar-refractivity contribution in [3.63, 3.8) is 0 Å². The number of rotatable bonds is 4. The second kappa shape index (κ2) is 7.56. The molecule has 8 nitrogen and oxygen atoms in total. The molecule has 1 aromatic heterocycles. The van der Waals surface area contributed by atoms with Crippen LogP contribution in [-0.2, 0) is 9.59 Å². The first-order chi connectivity index (χ1) is 14.8. The summed E-state index contributed by atoms with van der Waals surface area (Å²) in [6, 6.07) is 12.8. The van der Waals surface area contributed by atoms with E-state index in [0.717, 1.165) is 11.1 Å². The Labute approximate surface area is 177 Å². The lowest BCUT2D eigenvalue weighted by Crippen LogP contribution is -2.30. The summed E-state index contributed by atoms with van der Waals surface area (Å²) in [6.07, 6.45) is 1.42. The lowest BCUT2D eigenvalue weighted by Gasteiger charge is -2.25. The summed E-state index contributed by atoms with van der Waals surface area (Å²) in [5.74, 6) is -1.78.